The van der Waals surface area contributed by atoms with Crippen molar-refractivity contribution in [2.24, 2.45) is 0 Å². The molecule has 0 aliphatic heterocycles. The van der Waals surface area contributed by atoms with E-state index in [1.165, 1.54) is 19.8 Å². The molecule has 0 aliphatic rings. The van der Waals surface area contributed by atoms with Gasteiger partial charge in [0.1, 0.15) is 0 Å². The van der Waals surface area contributed by atoms with Crippen LogP contribution in [-0.4, -0.2) is 7.05 Å². The van der Waals surface area contributed by atoms with E-state index in [2.05, 4.69) is 51.1 Å². The van der Waals surface area contributed by atoms with Gasteiger partial charge in [-0.25, -0.2) is 0 Å². The monoisotopic (exact) mass is 301 g/mol. The van der Waals surface area contributed by atoms with Gasteiger partial charge in [-0.3, -0.25) is 0 Å². The van der Waals surface area contributed by atoms with Crippen molar-refractivity contribution in [3.05, 3.63) is 42.7 Å². The molecule has 1 N–H and O–H groups in total. The van der Waals surface area contributed by atoms with Gasteiger partial charge < -0.3 is 5.32 Å². The maximum Gasteiger partial charge on any atom is 0.0731 e. The fraction of sp³-hybridized carbons (Fsp3) is 0.273. The molecule has 0 aliphatic carbocycles. The molecule has 2 rings (SSSR count). The summed E-state index contributed by atoms with van der Waals surface area (Å²) < 4.78 is 1.23. The van der Waals surface area contributed by atoms with Crippen LogP contribution < -0.4 is 5.32 Å². The average molecular weight is 302 g/mol. The summed E-state index contributed by atoms with van der Waals surface area (Å²) in [6.07, 6.45) is 0. The zero-order valence-corrected chi connectivity index (χ0v) is 11.8. The van der Waals surface area contributed by atoms with Crippen LogP contribution in [0.3, 0.4) is 0 Å². The van der Waals surface area contributed by atoms with Crippen LogP contribution in [0.25, 0.3) is 0 Å². The number of aryl methyl sites for hydroxylation is 1. The summed E-state index contributed by atoms with van der Waals surface area (Å²) in [6, 6.07) is 4.74. The van der Waals surface area contributed by atoms with Gasteiger partial charge in [0.15, 0.2) is 0 Å². The molecule has 0 spiro atoms. The first kappa shape index (κ1) is 11.3. The van der Waals surface area contributed by atoms with Crippen LogP contribution in [0.5, 0.6) is 0 Å². The Labute approximate surface area is 106 Å². The van der Waals surface area contributed by atoms with Crippen LogP contribution in [0, 0.1) is 6.92 Å². The van der Waals surface area contributed by atoms with E-state index >= 15 is 0 Å². The molecule has 2 aromatic heterocycles. The molecule has 0 fully saturated rings. The Morgan fingerprint density at radius 1 is 1.47 bits per heavy atom. The predicted octanol–water partition coefficient (Wildman–Crippen LogP) is 4.19. The second-order valence-electron chi connectivity index (χ2n) is 3.38. The highest BCUT2D eigenvalue weighted by Crippen LogP contribution is 2.34. The molecule has 1 nitrogen and oxygen atoms in total. The van der Waals surface area contributed by atoms with Gasteiger partial charge in [-0.15, -0.1) is 11.3 Å². The van der Waals surface area contributed by atoms with Crippen LogP contribution >= 0.6 is 38.6 Å². The first-order chi connectivity index (χ1) is 7.22. The van der Waals surface area contributed by atoms with Gasteiger partial charge in [-0.2, -0.15) is 11.3 Å². The van der Waals surface area contributed by atoms with Gasteiger partial charge in [0, 0.05) is 4.88 Å². The maximum atomic E-state index is 3.57. The molecule has 4 heteroatoms. The van der Waals surface area contributed by atoms with Gasteiger partial charge in [-0.05, 0) is 63.9 Å². The van der Waals surface area contributed by atoms with Crippen molar-refractivity contribution in [1.29, 1.82) is 0 Å². The van der Waals surface area contributed by atoms with E-state index in [9.17, 15) is 0 Å². The minimum atomic E-state index is 0.325. The zero-order chi connectivity index (χ0) is 10.8. The standard InChI is InChI=1S/C11H12BrNS2/c1-7-5-9(15-11(7)12)10(13-2)8-3-4-14-6-8/h3-6,10,13H,1-2H3. The van der Waals surface area contributed by atoms with Crippen LogP contribution in [0.1, 0.15) is 22.0 Å². The highest BCUT2D eigenvalue weighted by atomic mass is 79.9. The van der Waals surface area contributed by atoms with E-state index < -0.39 is 0 Å². The lowest BCUT2D eigenvalue weighted by atomic mass is 10.1. The smallest absolute Gasteiger partial charge is 0.0731 e. The molecule has 80 valence electrons. The van der Waals surface area contributed by atoms with E-state index in [-0.39, 0.29) is 0 Å². The summed E-state index contributed by atoms with van der Waals surface area (Å²) >= 11 is 7.12. The molecular formula is C11H12BrNS2. The van der Waals surface area contributed by atoms with Crippen molar-refractivity contribution in [2.75, 3.05) is 7.05 Å². The molecular weight excluding hydrogens is 290 g/mol. The van der Waals surface area contributed by atoms with Crippen LogP contribution in [0.4, 0.5) is 0 Å². The Kier molecular flexibility index (Phi) is 3.61. The van der Waals surface area contributed by atoms with Crippen molar-refractivity contribution in [2.45, 2.75) is 13.0 Å². The molecule has 0 aromatic carbocycles. The molecule has 2 aromatic rings. The number of halogens is 1. The first-order valence-corrected chi connectivity index (χ1v) is 7.22. The molecule has 1 unspecified atom stereocenters. The molecule has 2 heterocycles. The minimum Gasteiger partial charge on any atom is -0.309 e. The Morgan fingerprint density at radius 2 is 2.27 bits per heavy atom. The Hall–Kier alpha value is -0.160. The Morgan fingerprint density at radius 3 is 2.73 bits per heavy atom. The highest BCUT2D eigenvalue weighted by Gasteiger charge is 2.15. The van der Waals surface area contributed by atoms with Crippen molar-refractivity contribution < 1.29 is 0 Å². The molecule has 0 saturated carbocycles. The van der Waals surface area contributed by atoms with E-state index in [1.54, 1.807) is 22.7 Å². The van der Waals surface area contributed by atoms with E-state index in [0.29, 0.717) is 6.04 Å². The van der Waals surface area contributed by atoms with Crippen molar-refractivity contribution in [3.8, 4) is 0 Å². The number of hydrogen-bond acceptors (Lipinski definition) is 3. The predicted molar refractivity (Wildman–Crippen MR) is 72.0 cm³/mol. The van der Waals surface area contributed by atoms with E-state index in [0.717, 1.165) is 0 Å². The van der Waals surface area contributed by atoms with Crippen molar-refractivity contribution >= 4 is 38.6 Å². The SMILES string of the molecule is CNC(c1ccsc1)c1cc(C)c(Br)s1. The molecule has 0 bridgehead atoms. The summed E-state index contributed by atoms with van der Waals surface area (Å²) in [7, 11) is 2.01. The number of thiophene rings is 2. The van der Waals surface area contributed by atoms with Gasteiger partial charge >= 0.3 is 0 Å². The third-order valence-corrected chi connectivity index (χ3v) is 5.23. The van der Waals surface area contributed by atoms with Crippen molar-refractivity contribution in [1.82, 2.24) is 5.32 Å². The number of hydrogen-bond donors (Lipinski definition) is 1. The largest absolute Gasteiger partial charge is 0.309 e. The third kappa shape index (κ3) is 2.33. The number of rotatable bonds is 3. The lowest BCUT2D eigenvalue weighted by molar-refractivity contribution is 0.706. The summed E-state index contributed by atoms with van der Waals surface area (Å²) in [5.74, 6) is 0. The van der Waals surface area contributed by atoms with Gasteiger partial charge in [-0.1, -0.05) is 0 Å². The number of nitrogens with one attached hydrogen (secondary N) is 1. The van der Waals surface area contributed by atoms with Gasteiger partial charge in [0.05, 0.1) is 9.83 Å². The topological polar surface area (TPSA) is 12.0 Å². The Bertz CT molecular complexity index is 414. The molecule has 0 amide bonds. The normalized spacial score (nSPS) is 13.0. The second kappa shape index (κ2) is 4.78. The summed E-state index contributed by atoms with van der Waals surface area (Å²) in [6.45, 7) is 2.13. The quantitative estimate of drug-likeness (QED) is 0.896. The van der Waals surface area contributed by atoms with E-state index in [4.69, 9.17) is 0 Å². The fourth-order valence-electron chi connectivity index (χ4n) is 1.54. The lowest BCUT2D eigenvalue weighted by Crippen LogP contribution is -2.15. The average Bonchev–Trinajstić information content (AvgIpc) is 2.80. The van der Waals surface area contributed by atoms with E-state index in [1.807, 2.05) is 7.05 Å². The van der Waals surface area contributed by atoms with Gasteiger partial charge in [0.25, 0.3) is 0 Å². The molecule has 0 saturated heterocycles. The van der Waals surface area contributed by atoms with Crippen LogP contribution in [-0.2, 0) is 0 Å². The molecule has 0 radical (unpaired) electrons. The lowest BCUT2D eigenvalue weighted by Gasteiger charge is -2.12. The summed E-state index contributed by atoms with van der Waals surface area (Å²) in [4.78, 5) is 1.36. The molecule has 15 heavy (non-hydrogen) atoms. The van der Waals surface area contributed by atoms with Crippen molar-refractivity contribution in [3.63, 3.8) is 0 Å². The van der Waals surface area contributed by atoms with Crippen LogP contribution in [0.15, 0.2) is 26.7 Å². The first-order valence-electron chi connectivity index (χ1n) is 4.67. The zero-order valence-electron chi connectivity index (χ0n) is 8.58. The summed E-state index contributed by atoms with van der Waals surface area (Å²) in [5.41, 5.74) is 2.65. The van der Waals surface area contributed by atoms with Crippen LogP contribution in [0.2, 0.25) is 0 Å². The summed E-state index contributed by atoms with van der Waals surface area (Å²) in [5, 5.41) is 7.68. The Balaban J connectivity index is 2.35. The fourth-order valence-corrected chi connectivity index (χ4v) is 3.93. The third-order valence-electron chi connectivity index (χ3n) is 2.33. The highest BCUT2D eigenvalue weighted by molar-refractivity contribution is 9.11. The maximum absolute atomic E-state index is 3.57. The molecule has 1 atom stereocenters. The van der Waals surface area contributed by atoms with Gasteiger partial charge in [0.2, 0.25) is 0 Å². The second-order valence-corrected chi connectivity index (χ2v) is 6.57. The minimum absolute atomic E-state index is 0.325.